The quantitative estimate of drug-likeness (QED) is 0.106. The molecule has 1 aromatic carbocycles. The summed E-state index contributed by atoms with van der Waals surface area (Å²) in [4.78, 5) is 84.4. The van der Waals surface area contributed by atoms with Gasteiger partial charge in [0.25, 0.3) is 0 Å². The van der Waals surface area contributed by atoms with Crippen molar-refractivity contribution < 1.29 is 48.0 Å². The lowest BCUT2D eigenvalue weighted by atomic mass is 10.00. The van der Waals surface area contributed by atoms with Crippen LogP contribution in [0.2, 0.25) is 0 Å². The van der Waals surface area contributed by atoms with Gasteiger partial charge in [-0.3, -0.25) is 29.0 Å². The first-order valence-electron chi connectivity index (χ1n) is 15.5. The second-order valence-corrected chi connectivity index (χ2v) is 14.5. The first-order valence-corrected chi connectivity index (χ1v) is 18.4. The average Bonchev–Trinajstić information content (AvgIpc) is 3.47. The maximum Gasteiger partial charge on any atom is 0.524 e. The fraction of sp³-hybridized carbons (Fsp3) is 0.633. The van der Waals surface area contributed by atoms with Crippen molar-refractivity contribution in [2.75, 3.05) is 18.6 Å². The SMILES string of the molecule is CSCCC(NC(=O)C1CCCN1C(=O)C(NC(=O)C(N)Cc1ccc(OP(=O)(O)O)cc1)C(C)C)C(=O)NC(CC(C)C)C(=O)O. The third kappa shape index (κ3) is 13.1. The smallest absolute Gasteiger partial charge is 0.480 e. The molecule has 0 aromatic heterocycles. The van der Waals surface area contributed by atoms with E-state index in [1.807, 2.05) is 20.1 Å². The number of carbonyl (C=O) groups excluding carboxylic acids is 4. The Bertz CT molecular complexity index is 1290. The summed E-state index contributed by atoms with van der Waals surface area (Å²) in [5.74, 6) is -3.25. The van der Waals surface area contributed by atoms with Gasteiger partial charge in [-0.2, -0.15) is 11.8 Å². The van der Waals surface area contributed by atoms with Gasteiger partial charge in [0.15, 0.2) is 0 Å². The number of carboxylic acid groups (broad SMARTS) is 1. The van der Waals surface area contributed by atoms with Crippen LogP contribution in [0, 0.1) is 11.8 Å². The van der Waals surface area contributed by atoms with Gasteiger partial charge in [-0.25, -0.2) is 9.36 Å². The molecule has 5 atom stereocenters. The molecular weight excluding hydrogens is 653 g/mol. The van der Waals surface area contributed by atoms with Crippen LogP contribution in [0.15, 0.2) is 24.3 Å². The maximum absolute atomic E-state index is 13.7. The number of thioether (sulfide) groups is 1. The normalized spacial score (nSPS) is 17.5. The fourth-order valence-corrected chi connectivity index (χ4v) is 6.03. The third-order valence-corrected chi connectivity index (χ3v) is 8.67. The van der Waals surface area contributed by atoms with Crippen molar-refractivity contribution in [1.29, 1.82) is 0 Å². The number of amides is 4. The largest absolute Gasteiger partial charge is 0.524 e. The number of likely N-dealkylation sites (tertiary alicyclic amines) is 1. The van der Waals surface area contributed by atoms with E-state index in [0.717, 1.165) is 0 Å². The second kappa shape index (κ2) is 18.4. The Balaban J connectivity index is 2.11. The number of hydrogen-bond acceptors (Lipinski definition) is 9. The van der Waals surface area contributed by atoms with Gasteiger partial charge in [0.05, 0.1) is 6.04 Å². The Kier molecular flexibility index (Phi) is 15.7. The molecule has 264 valence electrons. The van der Waals surface area contributed by atoms with Crippen LogP contribution < -0.4 is 26.2 Å². The summed E-state index contributed by atoms with van der Waals surface area (Å²) in [5.41, 5.74) is 6.73. The van der Waals surface area contributed by atoms with Crippen molar-refractivity contribution in [2.45, 2.75) is 90.0 Å². The van der Waals surface area contributed by atoms with E-state index in [9.17, 15) is 33.6 Å². The number of phosphoric acid groups is 1. The van der Waals surface area contributed by atoms with E-state index in [-0.39, 0.29) is 43.4 Å². The van der Waals surface area contributed by atoms with Crippen molar-refractivity contribution in [3.8, 4) is 5.75 Å². The number of nitrogens with zero attached hydrogens (tertiary/aromatic N) is 1. The number of nitrogens with one attached hydrogen (secondary N) is 3. The Morgan fingerprint density at radius 3 is 2.19 bits per heavy atom. The van der Waals surface area contributed by atoms with Crippen LogP contribution in [0.4, 0.5) is 0 Å². The number of carbonyl (C=O) groups is 5. The number of hydrogen-bond donors (Lipinski definition) is 7. The molecule has 1 aromatic rings. The molecule has 0 saturated carbocycles. The molecule has 47 heavy (non-hydrogen) atoms. The third-order valence-electron chi connectivity index (χ3n) is 7.57. The van der Waals surface area contributed by atoms with Crippen LogP contribution >= 0.6 is 19.6 Å². The van der Waals surface area contributed by atoms with Gasteiger partial charge in [0, 0.05) is 6.54 Å². The molecule has 8 N–H and O–H groups in total. The molecule has 5 unspecified atom stereocenters. The molecular formula is C30H48N5O10PS. The molecule has 17 heteroatoms. The molecule has 0 bridgehead atoms. The van der Waals surface area contributed by atoms with Gasteiger partial charge < -0.3 is 36.2 Å². The molecule has 15 nitrogen and oxygen atoms in total. The first kappa shape index (κ1) is 40.0. The number of aliphatic carboxylic acids is 1. The number of nitrogens with two attached hydrogens (primary N) is 1. The van der Waals surface area contributed by atoms with Crippen molar-refractivity contribution in [3.05, 3.63) is 29.8 Å². The minimum Gasteiger partial charge on any atom is -0.480 e. The summed E-state index contributed by atoms with van der Waals surface area (Å²) < 4.78 is 15.5. The van der Waals surface area contributed by atoms with Gasteiger partial charge in [-0.05, 0) is 73.6 Å². The van der Waals surface area contributed by atoms with Gasteiger partial charge in [0.1, 0.15) is 29.9 Å². The maximum atomic E-state index is 13.7. The van der Waals surface area contributed by atoms with E-state index >= 15 is 0 Å². The highest BCUT2D eigenvalue weighted by Gasteiger charge is 2.40. The first-order chi connectivity index (χ1) is 21.9. The molecule has 1 saturated heterocycles. The summed E-state index contributed by atoms with van der Waals surface area (Å²) in [6.45, 7) is 7.45. The van der Waals surface area contributed by atoms with Gasteiger partial charge in [-0.1, -0.05) is 39.8 Å². The molecule has 1 heterocycles. The molecule has 1 aliphatic heterocycles. The van der Waals surface area contributed by atoms with Crippen LogP contribution in [-0.2, 0) is 35.0 Å². The van der Waals surface area contributed by atoms with E-state index in [1.54, 1.807) is 13.8 Å². The highest BCUT2D eigenvalue weighted by Crippen LogP contribution is 2.37. The van der Waals surface area contributed by atoms with Crippen LogP contribution in [-0.4, -0.2) is 98.2 Å². The monoisotopic (exact) mass is 701 g/mol. The van der Waals surface area contributed by atoms with Crippen LogP contribution in [0.5, 0.6) is 5.75 Å². The van der Waals surface area contributed by atoms with Crippen molar-refractivity contribution in [3.63, 3.8) is 0 Å². The van der Waals surface area contributed by atoms with Crippen LogP contribution in [0.1, 0.15) is 58.9 Å². The average molecular weight is 702 g/mol. The summed E-state index contributed by atoms with van der Waals surface area (Å²) in [7, 11) is -4.72. The minimum atomic E-state index is -4.72. The lowest BCUT2D eigenvalue weighted by Gasteiger charge is -2.32. The molecule has 1 aliphatic rings. The van der Waals surface area contributed by atoms with E-state index < -0.39 is 67.6 Å². The predicted octanol–water partition coefficient (Wildman–Crippen LogP) is 1.01. The fourth-order valence-electron chi connectivity index (χ4n) is 5.16. The number of phosphoric ester groups is 1. The molecule has 0 spiro atoms. The zero-order chi connectivity index (χ0) is 35.5. The van der Waals surface area contributed by atoms with E-state index in [1.165, 1.54) is 40.9 Å². The Labute approximate surface area is 279 Å². The van der Waals surface area contributed by atoms with Crippen molar-refractivity contribution in [1.82, 2.24) is 20.9 Å². The summed E-state index contributed by atoms with van der Waals surface area (Å²) in [6, 6.07) is 0.637. The molecule has 4 amide bonds. The molecule has 2 rings (SSSR count). The zero-order valence-electron chi connectivity index (χ0n) is 27.4. The topological polar surface area (TPSA) is 238 Å². The summed E-state index contributed by atoms with van der Waals surface area (Å²) >= 11 is 1.47. The van der Waals surface area contributed by atoms with Crippen LogP contribution in [0.3, 0.4) is 0 Å². The Morgan fingerprint density at radius 2 is 1.66 bits per heavy atom. The highest BCUT2D eigenvalue weighted by atomic mass is 32.2. The molecule has 0 radical (unpaired) electrons. The Morgan fingerprint density at radius 1 is 1.02 bits per heavy atom. The number of benzene rings is 1. The van der Waals surface area contributed by atoms with Gasteiger partial charge in [0.2, 0.25) is 23.6 Å². The molecule has 0 aliphatic carbocycles. The predicted molar refractivity (Wildman–Crippen MR) is 176 cm³/mol. The highest BCUT2D eigenvalue weighted by molar-refractivity contribution is 7.98. The number of rotatable bonds is 18. The minimum absolute atomic E-state index is 0.0159. The van der Waals surface area contributed by atoms with E-state index in [4.69, 9.17) is 15.5 Å². The Hall–Kier alpha value is -3.17. The van der Waals surface area contributed by atoms with Crippen molar-refractivity contribution >= 4 is 49.2 Å². The van der Waals surface area contributed by atoms with E-state index in [2.05, 4.69) is 20.5 Å². The van der Waals surface area contributed by atoms with E-state index in [0.29, 0.717) is 24.2 Å². The zero-order valence-corrected chi connectivity index (χ0v) is 29.1. The van der Waals surface area contributed by atoms with Crippen LogP contribution in [0.25, 0.3) is 0 Å². The second-order valence-electron chi connectivity index (χ2n) is 12.3. The lowest BCUT2D eigenvalue weighted by molar-refractivity contribution is -0.144. The summed E-state index contributed by atoms with van der Waals surface area (Å²) in [5, 5.41) is 17.6. The standard InChI is InChI=1S/C30H48N5O10PS/c1-17(2)15-23(30(40)41)33-27(37)22(12-14-47-5)32-28(38)24-7-6-13-35(24)29(39)25(18(3)4)34-26(36)21(31)16-19-8-10-20(11-9-19)45-46(42,43)44/h8-11,17-18,21-25H,6-7,12-16,31H2,1-5H3,(H,32,38)(H,33,37)(H,34,36)(H,40,41)(H2,42,43,44). The van der Waals surface area contributed by atoms with Crippen molar-refractivity contribution in [2.24, 2.45) is 17.6 Å². The van der Waals surface area contributed by atoms with Gasteiger partial charge in [-0.15, -0.1) is 0 Å². The van der Waals surface area contributed by atoms with Gasteiger partial charge >= 0.3 is 13.8 Å². The lowest BCUT2D eigenvalue weighted by Crippen LogP contribution is -2.59. The molecule has 1 fully saturated rings. The summed E-state index contributed by atoms with van der Waals surface area (Å²) in [6.07, 6.45) is 3.27. The number of carboxylic acids is 1.